The minimum Gasteiger partial charge on any atom is -0.508 e. The smallest absolute Gasteiger partial charge is 0.303 e. The van der Waals surface area contributed by atoms with Crippen LogP contribution in [0.5, 0.6) is 5.75 Å². The number of carbonyl (C=O) groups is 2. The number of likely N-dealkylation sites (tertiary alicyclic amines) is 1. The number of phenolic OH excluding ortho intramolecular Hbond substituents is 1. The number of esters is 1. The molecule has 7 heteroatoms. The molecule has 2 N–H and O–H groups in total. The van der Waals surface area contributed by atoms with Crippen LogP contribution < -0.4 is 5.32 Å². The van der Waals surface area contributed by atoms with Crippen molar-refractivity contribution in [1.29, 1.82) is 0 Å². The van der Waals surface area contributed by atoms with Crippen molar-refractivity contribution < 1.29 is 23.8 Å². The van der Waals surface area contributed by atoms with Gasteiger partial charge in [0.1, 0.15) is 11.4 Å². The lowest BCUT2D eigenvalue weighted by Crippen LogP contribution is -2.68. The zero-order valence-electron chi connectivity index (χ0n) is 20.2. The Kier molecular flexibility index (Phi) is 6.45. The van der Waals surface area contributed by atoms with Gasteiger partial charge in [-0.25, -0.2) is 0 Å². The fraction of sp³-hybridized carbons (Fsp3) is 0.500. The minimum atomic E-state index is -0.701. The van der Waals surface area contributed by atoms with Crippen molar-refractivity contribution in [3.8, 4) is 5.75 Å². The fourth-order valence-electron chi connectivity index (χ4n) is 6.23. The van der Waals surface area contributed by atoms with Gasteiger partial charge < -0.3 is 19.6 Å². The highest BCUT2D eigenvalue weighted by molar-refractivity contribution is 5.91. The number of nitrogens with one attached hydrogen (secondary N) is 1. The van der Waals surface area contributed by atoms with Gasteiger partial charge in [0.15, 0.2) is 0 Å². The van der Waals surface area contributed by atoms with Crippen molar-refractivity contribution in [3.05, 3.63) is 60.1 Å². The van der Waals surface area contributed by atoms with Crippen LogP contribution in [0.3, 0.4) is 0 Å². The number of rotatable bonds is 7. The molecule has 2 aromatic rings. The van der Waals surface area contributed by atoms with E-state index < -0.39 is 11.0 Å². The highest BCUT2D eigenvalue weighted by Crippen LogP contribution is 2.54. The Bertz CT molecular complexity index is 1090. The molecule has 2 heterocycles. The molecule has 0 unspecified atom stereocenters. The van der Waals surface area contributed by atoms with Crippen LogP contribution in [0.4, 0.5) is 0 Å². The summed E-state index contributed by atoms with van der Waals surface area (Å²) in [6.07, 6.45) is 11.8. The predicted octanol–water partition coefficient (Wildman–Crippen LogP) is 4.02. The lowest BCUT2D eigenvalue weighted by atomic mass is 9.55. The number of nitrogens with zero attached hydrogens (tertiary/aromatic N) is 1. The lowest BCUT2D eigenvalue weighted by molar-refractivity contribution is -0.187. The lowest BCUT2D eigenvalue weighted by Gasteiger charge is -2.59. The molecule has 35 heavy (non-hydrogen) atoms. The summed E-state index contributed by atoms with van der Waals surface area (Å²) < 4.78 is 11.3. The predicted molar refractivity (Wildman–Crippen MR) is 132 cm³/mol. The number of aromatic hydroxyl groups is 1. The van der Waals surface area contributed by atoms with Gasteiger partial charge in [0.2, 0.25) is 5.91 Å². The number of carbonyl (C=O) groups excluding carboxylic acids is 2. The number of fused-ring (bicyclic) bond motifs is 1. The number of piperidine rings is 1. The van der Waals surface area contributed by atoms with Gasteiger partial charge in [-0.1, -0.05) is 12.1 Å². The van der Waals surface area contributed by atoms with E-state index in [1.54, 1.807) is 36.8 Å². The molecule has 3 atom stereocenters. The Morgan fingerprint density at radius 3 is 2.83 bits per heavy atom. The van der Waals surface area contributed by atoms with Crippen LogP contribution in [0.15, 0.2) is 53.4 Å². The molecular weight excluding hydrogens is 444 g/mol. The third-order valence-electron chi connectivity index (χ3n) is 7.97. The molecule has 5 rings (SSSR count). The van der Waals surface area contributed by atoms with Crippen molar-refractivity contribution in [2.75, 3.05) is 19.6 Å². The van der Waals surface area contributed by atoms with Crippen molar-refractivity contribution in [2.24, 2.45) is 5.92 Å². The summed E-state index contributed by atoms with van der Waals surface area (Å²) >= 11 is 0. The maximum Gasteiger partial charge on any atom is 0.303 e. The summed E-state index contributed by atoms with van der Waals surface area (Å²) in [4.78, 5) is 27.6. The molecule has 1 amide bonds. The molecule has 1 aliphatic heterocycles. The zero-order valence-corrected chi connectivity index (χ0v) is 20.2. The van der Waals surface area contributed by atoms with E-state index in [2.05, 4.69) is 10.2 Å². The number of phenols is 1. The second-order valence-electron chi connectivity index (χ2n) is 10.5. The summed E-state index contributed by atoms with van der Waals surface area (Å²) in [5, 5.41) is 13.5. The number of ether oxygens (including phenoxy) is 1. The molecule has 186 valence electrons. The number of hydrogen-bond acceptors (Lipinski definition) is 6. The van der Waals surface area contributed by atoms with Gasteiger partial charge in [-0.05, 0) is 80.8 Å². The van der Waals surface area contributed by atoms with Gasteiger partial charge in [0, 0.05) is 43.1 Å². The molecule has 1 aromatic carbocycles. The number of amides is 1. The molecule has 1 aromatic heterocycles. The van der Waals surface area contributed by atoms with Crippen molar-refractivity contribution in [2.45, 2.75) is 62.5 Å². The molecule has 7 nitrogen and oxygen atoms in total. The van der Waals surface area contributed by atoms with Crippen LogP contribution in [-0.2, 0) is 19.7 Å². The SMILES string of the molecule is CC(=O)O[C@]12CC[C@H](NC(=O)C=Cc3ccoc3)C[C@]1(c1cccc(O)c1)CCN(CC1CC1)C2. The highest BCUT2D eigenvalue weighted by Gasteiger charge is 2.61. The second kappa shape index (κ2) is 9.53. The van der Waals surface area contributed by atoms with Crippen LogP contribution in [0.1, 0.15) is 56.6 Å². The third kappa shape index (κ3) is 5.01. The molecule has 2 saturated carbocycles. The molecule has 0 radical (unpaired) electrons. The molecule has 3 fully saturated rings. The zero-order chi connectivity index (χ0) is 24.5. The van der Waals surface area contributed by atoms with Crippen molar-refractivity contribution in [3.63, 3.8) is 0 Å². The summed E-state index contributed by atoms with van der Waals surface area (Å²) in [5.41, 5.74) is 0.602. The Morgan fingerprint density at radius 1 is 1.26 bits per heavy atom. The molecule has 0 spiro atoms. The van der Waals surface area contributed by atoms with Crippen molar-refractivity contribution in [1.82, 2.24) is 10.2 Å². The molecular formula is C28H34N2O5. The van der Waals surface area contributed by atoms with Crippen LogP contribution in [0.25, 0.3) is 6.08 Å². The Balaban J connectivity index is 1.44. The van der Waals surface area contributed by atoms with E-state index in [0.717, 1.165) is 43.0 Å². The topological polar surface area (TPSA) is 92.0 Å². The normalized spacial score (nSPS) is 29.0. The number of hydrogen-bond donors (Lipinski definition) is 2. The Hall–Kier alpha value is -3.06. The minimum absolute atomic E-state index is 0.0717. The first-order valence-corrected chi connectivity index (χ1v) is 12.6. The van der Waals surface area contributed by atoms with Crippen LogP contribution in [-0.4, -0.2) is 53.2 Å². The van der Waals surface area contributed by atoms with E-state index in [0.29, 0.717) is 19.4 Å². The maximum absolute atomic E-state index is 12.7. The van der Waals surface area contributed by atoms with Gasteiger partial charge >= 0.3 is 5.97 Å². The van der Waals surface area contributed by atoms with E-state index in [-0.39, 0.29) is 23.7 Å². The first-order chi connectivity index (χ1) is 16.9. The number of benzene rings is 1. The molecule has 3 aliphatic rings. The van der Waals surface area contributed by atoms with Crippen molar-refractivity contribution >= 4 is 18.0 Å². The van der Waals surface area contributed by atoms with E-state index in [9.17, 15) is 14.7 Å². The summed E-state index contributed by atoms with van der Waals surface area (Å²) in [6, 6.07) is 9.07. The van der Waals surface area contributed by atoms with E-state index in [1.165, 1.54) is 25.8 Å². The van der Waals surface area contributed by atoms with E-state index in [1.807, 2.05) is 12.1 Å². The first kappa shape index (κ1) is 23.7. The molecule has 2 aliphatic carbocycles. The first-order valence-electron chi connectivity index (χ1n) is 12.6. The van der Waals surface area contributed by atoms with Crippen LogP contribution in [0.2, 0.25) is 0 Å². The van der Waals surface area contributed by atoms with E-state index in [4.69, 9.17) is 9.15 Å². The average molecular weight is 479 g/mol. The van der Waals surface area contributed by atoms with Gasteiger partial charge in [0.05, 0.1) is 12.5 Å². The summed E-state index contributed by atoms with van der Waals surface area (Å²) in [6.45, 7) is 4.10. The summed E-state index contributed by atoms with van der Waals surface area (Å²) in [7, 11) is 0. The van der Waals surface area contributed by atoms with E-state index >= 15 is 0 Å². The van der Waals surface area contributed by atoms with Crippen LogP contribution >= 0.6 is 0 Å². The number of furan rings is 1. The van der Waals surface area contributed by atoms with Gasteiger partial charge in [-0.3, -0.25) is 14.5 Å². The Morgan fingerprint density at radius 2 is 2.11 bits per heavy atom. The largest absolute Gasteiger partial charge is 0.508 e. The third-order valence-corrected chi connectivity index (χ3v) is 7.97. The maximum atomic E-state index is 12.7. The van der Waals surface area contributed by atoms with Gasteiger partial charge in [-0.2, -0.15) is 0 Å². The average Bonchev–Trinajstić information content (AvgIpc) is 3.47. The summed E-state index contributed by atoms with van der Waals surface area (Å²) in [5.74, 6) is 0.500. The Labute approximate surface area is 206 Å². The van der Waals surface area contributed by atoms with Crippen LogP contribution in [0, 0.1) is 5.92 Å². The highest BCUT2D eigenvalue weighted by atomic mass is 16.6. The molecule has 1 saturated heterocycles. The van der Waals surface area contributed by atoms with Gasteiger partial charge in [-0.15, -0.1) is 0 Å². The monoisotopic (exact) mass is 478 g/mol. The standard InChI is InChI=1S/C28H34N2O5/c1-20(31)35-28-11-9-24(29-26(33)8-7-22-10-14-34-18-22)16-27(28,23-3-2-4-25(32)15-23)12-13-30(19-28)17-21-5-6-21/h2-4,7-8,10,14-15,18,21,24,32H,5-6,9,11-13,16-17,19H2,1H3,(H,29,33)/t24-,27-,28-/m0/s1. The van der Waals surface area contributed by atoms with Gasteiger partial charge in [0.25, 0.3) is 0 Å². The quantitative estimate of drug-likeness (QED) is 0.461. The molecule has 0 bridgehead atoms. The fourth-order valence-corrected chi connectivity index (χ4v) is 6.23. The second-order valence-corrected chi connectivity index (χ2v) is 10.5.